The van der Waals surface area contributed by atoms with Crippen LogP contribution in [0.1, 0.15) is 5.56 Å². The Hall–Kier alpha value is -4.27. The van der Waals surface area contributed by atoms with Gasteiger partial charge < -0.3 is 10.3 Å². The number of aromatic nitrogens is 5. The van der Waals surface area contributed by atoms with Gasteiger partial charge in [0.25, 0.3) is 0 Å². The Balaban J connectivity index is 1.39. The van der Waals surface area contributed by atoms with E-state index in [9.17, 15) is 13.2 Å². The molecule has 0 fully saturated rings. The van der Waals surface area contributed by atoms with Gasteiger partial charge in [0.15, 0.2) is 5.82 Å². The first kappa shape index (κ1) is 19.7. The maximum absolute atomic E-state index is 13.0. The maximum Gasteiger partial charge on any atom is 0.416 e. The lowest BCUT2D eigenvalue weighted by molar-refractivity contribution is -0.137. The molecule has 0 bridgehead atoms. The number of halogens is 3. The third-order valence-corrected chi connectivity index (χ3v) is 4.81. The second-order valence-electron chi connectivity index (χ2n) is 7.04. The van der Waals surface area contributed by atoms with Gasteiger partial charge in [0.2, 0.25) is 0 Å². The maximum atomic E-state index is 13.0. The normalized spacial score (nSPS) is 11.6. The summed E-state index contributed by atoms with van der Waals surface area (Å²) in [7, 11) is 0. The van der Waals surface area contributed by atoms with Crippen LogP contribution in [-0.4, -0.2) is 25.1 Å². The Bertz CT molecular complexity index is 1380. The van der Waals surface area contributed by atoms with Crippen molar-refractivity contribution in [3.05, 3.63) is 84.6 Å². The number of nitrogens with one attached hydrogen (secondary N) is 2. The van der Waals surface area contributed by atoms with Crippen LogP contribution in [0.4, 0.5) is 24.7 Å². The summed E-state index contributed by atoms with van der Waals surface area (Å²) in [4.78, 5) is 11.6. The molecule has 0 saturated heterocycles. The van der Waals surface area contributed by atoms with E-state index in [-0.39, 0.29) is 0 Å². The van der Waals surface area contributed by atoms with Crippen molar-refractivity contribution < 1.29 is 13.2 Å². The van der Waals surface area contributed by atoms with Crippen molar-refractivity contribution in [1.82, 2.24) is 25.1 Å². The van der Waals surface area contributed by atoms with Gasteiger partial charge in [-0.1, -0.05) is 18.2 Å². The summed E-state index contributed by atoms with van der Waals surface area (Å²) in [5, 5.41) is 11.6. The zero-order valence-electron chi connectivity index (χ0n) is 16.4. The van der Waals surface area contributed by atoms with Crippen molar-refractivity contribution in [3.8, 4) is 22.8 Å². The number of fused-ring (bicyclic) bond motifs is 1. The van der Waals surface area contributed by atoms with E-state index < -0.39 is 11.7 Å². The number of nitrogens with zero attached hydrogens (tertiary/aromatic N) is 4. The van der Waals surface area contributed by atoms with Crippen LogP contribution in [0.15, 0.2) is 79.0 Å². The van der Waals surface area contributed by atoms with Crippen LogP contribution < -0.4 is 5.32 Å². The molecular weight excluding hydrogens is 417 g/mol. The molecule has 158 valence electrons. The number of aromatic amines is 1. The number of benzene rings is 2. The van der Waals surface area contributed by atoms with Crippen molar-refractivity contribution in [1.29, 1.82) is 0 Å². The van der Waals surface area contributed by atoms with Crippen LogP contribution in [-0.2, 0) is 6.18 Å². The molecule has 9 heteroatoms. The molecule has 0 unspecified atom stereocenters. The van der Waals surface area contributed by atoms with Crippen LogP contribution in [0, 0.1) is 0 Å². The Morgan fingerprint density at radius 2 is 1.72 bits per heavy atom. The van der Waals surface area contributed by atoms with Gasteiger partial charge in [-0.3, -0.25) is 4.98 Å². The third kappa shape index (κ3) is 4.00. The SMILES string of the molecule is FC(F)(F)c1ccc2nc(-c3cccc(Nc4ccc(-c5ccccn5)nn4)c3)[nH]c2c1. The van der Waals surface area contributed by atoms with Crippen molar-refractivity contribution in [2.24, 2.45) is 0 Å². The summed E-state index contributed by atoms with van der Waals surface area (Å²) < 4.78 is 38.9. The molecule has 0 amide bonds. The Labute approximate surface area is 180 Å². The smallest absolute Gasteiger partial charge is 0.339 e. The number of hydrogen-bond donors (Lipinski definition) is 2. The van der Waals surface area contributed by atoms with Crippen LogP contribution in [0.3, 0.4) is 0 Å². The summed E-state index contributed by atoms with van der Waals surface area (Å²) in [5.41, 5.74) is 2.91. The fraction of sp³-hybridized carbons (Fsp3) is 0.0435. The predicted octanol–water partition coefficient (Wildman–Crippen LogP) is 5.84. The van der Waals surface area contributed by atoms with E-state index in [1.807, 2.05) is 48.5 Å². The van der Waals surface area contributed by atoms with Gasteiger partial charge in [-0.2, -0.15) is 13.2 Å². The lowest BCUT2D eigenvalue weighted by Crippen LogP contribution is -2.04. The van der Waals surface area contributed by atoms with Crippen molar-refractivity contribution in [2.45, 2.75) is 6.18 Å². The molecule has 3 heterocycles. The quantitative estimate of drug-likeness (QED) is 0.373. The number of pyridine rings is 1. The molecule has 2 aromatic carbocycles. The number of anilines is 2. The first-order valence-electron chi connectivity index (χ1n) is 9.65. The van der Waals surface area contributed by atoms with Crippen molar-refractivity contribution in [2.75, 3.05) is 5.32 Å². The minimum Gasteiger partial charge on any atom is -0.339 e. The van der Waals surface area contributed by atoms with Crippen LogP contribution >= 0.6 is 0 Å². The summed E-state index contributed by atoms with van der Waals surface area (Å²) in [6.45, 7) is 0. The summed E-state index contributed by atoms with van der Waals surface area (Å²) >= 11 is 0. The molecule has 5 rings (SSSR count). The molecule has 0 aliphatic heterocycles. The molecule has 0 atom stereocenters. The average molecular weight is 432 g/mol. The zero-order chi connectivity index (χ0) is 22.1. The number of H-pyrrole nitrogens is 1. The van der Waals surface area contributed by atoms with E-state index in [2.05, 4.69) is 30.5 Å². The Morgan fingerprint density at radius 1 is 0.812 bits per heavy atom. The van der Waals surface area contributed by atoms with E-state index >= 15 is 0 Å². The van der Waals surface area contributed by atoms with Gasteiger partial charge in [-0.15, -0.1) is 10.2 Å². The molecule has 3 aromatic heterocycles. The molecule has 0 spiro atoms. The monoisotopic (exact) mass is 432 g/mol. The lowest BCUT2D eigenvalue weighted by atomic mass is 10.2. The average Bonchev–Trinajstić information content (AvgIpc) is 3.23. The van der Waals surface area contributed by atoms with E-state index in [4.69, 9.17) is 0 Å². The fourth-order valence-electron chi connectivity index (χ4n) is 3.26. The number of rotatable bonds is 4. The highest BCUT2D eigenvalue weighted by Crippen LogP contribution is 2.32. The second-order valence-corrected chi connectivity index (χ2v) is 7.04. The zero-order valence-corrected chi connectivity index (χ0v) is 16.4. The minimum atomic E-state index is -4.41. The van der Waals surface area contributed by atoms with E-state index in [1.165, 1.54) is 6.07 Å². The number of hydrogen-bond acceptors (Lipinski definition) is 5. The number of alkyl halides is 3. The highest BCUT2D eigenvalue weighted by Gasteiger charge is 2.30. The molecular formula is C23H15F3N6. The second kappa shape index (κ2) is 7.77. The van der Waals surface area contributed by atoms with Crippen LogP contribution in [0.2, 0.25) is 0 Å². The van der Waals surface area contributed by atoms with Gasteiger partial charge in [-0.05, 0) is 54.6 Å². The van der Waals surface area contributed by atoms with Crippen LogP contribution in [0.5, 0.6) is 0 Å². The molecule has 0 aliphatic rings. The van der Waals surface area contributed by atoms with Gasteiger partial charge in [0.1, 0.15) is 11.5 Å². The molecule has 0 aliphatic carbocycles. The third-order valence-electron chi connectivity index (χ3n) is 4.81. The molecule has 6 nitrogen and oxygen atoms in total. The lowest BCUT2D eigenvalue weighted by Gasteiger charge is -2.07. The summed E-state index contributed by atoms with van der Waals surface area (Å²) in [6.07, 6.45) is -2.72. The molecule has 5 aromatic rings. The van der Waals surface area contributed by atoms with Gasteiger partial charge >= 0.3 is 6.18 Å². The predicted molar refractivity (Wildman–Crippen MR) is 115 cm³/mol. The van der Waals surface area contributed by atoms with Gasteiger partial charge in [0.05, 0.1) is 22.3 Å². The first-order valence-corrected chi connectivity index (χ1v) is 9.65. The fourth-order valence-corrected chi connectivity index (χ4v) is 3.26. The minimum absolute atomic E-state index is 0.323. The molecule has 0 saturated carbocycles. The van der Waals surface area contributed by atoms with Gasteiger partial charge in [-0.25, -0.2) is 4.98 Å². The molecule has 32 heavy (non-hydrogen) atoms. The van der Waals surface area contributed by atoms with E-state index in [0.717, 1.165) is 29.1 Å². The van der Waals surface area contributed by atoms with Gasteiger partial charge in [0, 0.05) is 17.4 Å². The Kier molecular flexibility index (Phi) is 4.78. The molecule has 2 N–H and O–H groups in total. The van der Waals surface area contributed by atoms with Crippen molar-refractivity contribution >= 4 is 22.5 Å². The van der Waals surface area contributed by atoms with Crippen LogP contribution in [0.25, 0.3) is 33.8 Å². The largest absolute Gasteiger partial charge is 0.416 e. The highest BCUT2D eigenvalue weighted by atomic mass is 19.4. The highest BCUT2D eigenvalue weighted by molar-refractivity contribution is 5.81. The summed E-state index contributed by atoms with van der Waals surface area (Å²) in [5.74, 6) is 1.01. The van der Waals surface area contributed by atoms with Crippen molar-refractivity contribution in [3.63, 3.8) is 0 Å². The number of imidazole rings is 1. The molecule has 0 radical (unpaired) electrons. The first-order chi connectivity index (χ1) is 15.5. The summed E-state index contributed by atoms with van der Waals surface area (Å²) in [6, 6.07) is 19.9. The topological polar surface area (TPSA) is 79.4 Å². The van der Waals surface area contributed by atoms with E-state index in [1.54, 1.807) is 12.3 Å². The van der Waals surface area contributed by atoms with E-state index in [0.29, 0.717) is 28.4 Å². The standard InChI is InChI=1S/C23H15F3N6/c24-23(25,26)15-7-8-18-20(13-15)30-22(29-18)14-4-3-5-16(12-14)28-21-10-9-19(31-32-21)17-6-1-2-11-27-17/h1-13H,(H,28,32)(H,29,30). The Morgan fingerprint density at radius 3 is 2.47 bits per heavy atom.